The highest BCUT2D eigenvalue weighted by atomic mass is 32.2. The van der Waals surface area contributed by atoms with Gasteiger partial charge in [-0.05, 0) is 36.6 Å². The summed E-state index contributed by atoms with van der Waals surface area (Å²) in [5.41, 5.74) is 0.766. The summed E-state index contributed by atoms with van der Waals surface area (Å²) in [6.07, 6.45) is 0.841. The molecular formula is C12H20N2O3S. The number of nitrogens with two attached hydrogens (primary N) is 1. The third-order valence-corrected chi connectivity index (χ3v) is 3.46. The van der Waals surface area contributed by atoms with Gasteiger partial charge in [0.25, 0.3) is 0 Å². The fourth-order valence-corrected chi connectivity index (χ4v) is 2.24. The molecule has 0 aliphatic heterocycles. The molecule has 1 aromatic rings. The van der Waals surface area contributed by atoms with Gasteiger partial charge in [0.2, 0.25) is 10.0 Å². The van der Waals surface area contributed by atoms with Crippen molar-refractivity contribution in [3.05, 3.63) is 24.3 Å². The van der Waals surface area contributed by atoms with Crippen LogP contribution in [0, 0.1) is 5.92 Å². The number of primary sulfonamides is 1. The maximum atomic E-state index is 11.1. The zero-order valence-electron chi connectivity index (χ0n) is 10.6. The van der Waals surface area contributed by atoms with Gasteiger partial charge >= 0.3 is 0 Å². The van der Waals surface area contributed by atoms with Crippen molar-refractivity contribution in [2.45, 2.75) is 31.2 Å². The molecule has 0 radical (unpaired) electrons. The molecule has 5 nitrogen and oxygen atoms in total. The van der Waals surface area contributed by atoms with Crippen molar-refractivity contribution < 1.29 is 13.5 Å². The summed E-state index contributed by atoms with van der Waals surface area (Å²) in [6, 6.07) is 6.14. The standard InChI is InChI=1S/C12H20N2O3S/c1-9(2)7-11(8-15)14-10-3-5-12(6-4-10)18(13,16)17/h3-6,9,11,14-15H,7-8H2,1-2H3,(H2,13,16,17). The number of aliphatic hydroxyl groups excluding tert-OH is 1. The Morgan fingerprint density at radius 2 is 1.83 bits per heavy atom. The minimum absolute atomic E-state index is 0.0367. The van der Waals surface area contributed by atoms with E-state index in [1.807, 2.05) is 0 Å². The van der Waals surface area contributed by atoms with E-state index < -0.39 is 10.0 Å². The molecule has 1 unspecified atom stereocenters. The molecule has 0 fully saturated rings. The van der Waals surface area contributed by atoms with E-state index in [1.54, 1.807) is 12.1 Å². The van der Waals surface area contributed by atoms with E-state index in [-0.39, 0.29) is 17.5 Å². The lowest BCUT2D eigenvalue weighted by Crippen LogP contribution is -2.25. The molecule has 0 bridgehead atoms. The summed E-state index contributed by atoms with van der Waals surface area (Å²) in [5, 5.41) is 17.4. The van der Waals surface area contributed by atoms with E-state index in [9.17, 15) is 13.5 Å². The molecular weight excluding hydrogens is 252 g/mol. The van der Waals surface area contributed by atoms with Crippen LogP contribution < -0.4 is 10.5 Å². The molecule has 0 aliphatic carbocycles. The van der Waals surface area contributed by atoms with E-state index in [0.29, 0.717) is 5.92 Å². The van der Waals surface area contributed by atoms with Gasteiger partial charge in [0.05, 0.1) is 11.5 Å². The minimum atomic E-state index is -3.65. The lowest BCUT2D eigenvalue weighted by atomic mass is 10.0. The topological polar surface area (TPSA) is 92.4 Å². The number of rotatable bonds is 6. The first-order chi connectivity index (χ1) is 8.32. The quantitative estimate of drug-likeness (QED) is 0.724. The number of sulfonamides is 1. The largest absolute Gasteiger partial charge is 0.394 e. The van der Waals surface area contributed by atoms with Gasteiger partial charge in [0.15, 0.2) is 0 Å². The third-order valence-electron chi connectivity index (χ3n) is 2.53. The lowest BCUT2D eigenvalue weighted by Gasteiger charge is -2.19. The van der Waals surface area contributed by atoms with Crippen LogP contribution in [0.25, 0.3) is 0 Å². The predicted octanol–water partition coefficient (Wildman–Crippen LogP) is 1.15. The second-order valence-electron chi connectivity index (χ2n) is 4.72. The maximum Gasteiger partial charge on any atom is 0.238 e. The van der Waals surface area contributed by atoms with Gasteiger partial charge < -0.3 is 10.4 Å². The van der Waals surface area contributed by atoms with E-state index in [1.165, 1.54) is 12.1 Å². The lowest BCUT2D eigenvalue weighted by molar-refractivity contribution is 0.259. The number of benzene rings is 1. The van der Waals surface area contributed by atoms with Crippen molar-refractivity contribution in [3.63, 3.8) is 0 Å². The van der Waals surface area contributed by atoms with Gasteiger partial charge in [-0.2, -0.15) is 0 Å². The Bertz CT molecular complexity index is 469. The van der Waals surface area contributed by atoms with Gasteiger partial charge in [0, 0.05) is 11.7 Å². The molecule has 1 rings (SSSR count). The van der Waals surface area contributed by atoms with Crippen LogP contribution >= 0.6 is 0 Å². The van der Waals surface area contributed by atoms with Gasteiger partial charge in [0.1, 0.15) is 0 Å². The summed E-state index contributed by atoms with van der Waals surface area (Å²) in [5.74, 6) is 0.471. The Kier molecular flexibility index (Phi) is 5.13. The number of hydrogen-bond donors (Lipinski definition) is 3. The molecule has 0 aromatic heterocycles. The second-order valence-corrected chi connectivity index (χ2v) is 6.28. The average molecular weight is 272 g/mol. The first-order valence-corrected chi connectivity index (χ1v) is 7.38. The number of hydrogen-bond acceptors (Lipinski definition) is 4. The number of anilines is 1. The van der Waals surface area contributed by atoms with Crippen LogP contribution in [0.1, 0.15) is 20.3 Å². The van der Waals surface area contributed by atoms with E-state index in [4.69, 9.17) is 5.14 Å². The number of aliphatic hydroxyl groups is 1. The highest BCUT2D eigenvalue weighted by molar-refractivity contribution is 7.89. The van der Waals surface area contributed by atoms with Crippen molar-refractivity contribution in [1.29, 1.82) is 0 Å². The molecule has 102 valence electrons. The minimum Gasteiger partial charge on any atom is -0.394 e. The summed E-state index contributed by atoms with van der Waals surface area (Å²) in [6.45, 7) is 4.19. The highest BCUT2D eigenvalue weighted by Gasteiger charge is 2.11. The van der Waals surface area contributed by atoms with Gasteiger partial charge in [-0.15, -0.1) is 0 Å². The van der Waals surface area contributed by atoms with Gasteiger partial charge in [-0.3, -0.25) is 0 Å². The van der Waals surface area contributed by atoms with Gasteiger partial charge in [-0.1, -0.05) is 13.8 Å². The molecule has 0 amide bonds. The molecule has 0 aliphatic rings. The fraction of sp³-hybridized carbons (Fsp3) is 0.500. The highest BCUT2D eigenvalue weighted by Crippen LogP contribution is 2.15. The summed E-state index contributed by atoms with van der Waals surface area (Å²) in [4.78, 5) is 0.0810. The molecule has 0 spiro atoms. The van der Waals surface area contributed by atoms with E-state index in [0.717, 1.165) is 12.1 Å². The third kappa shape index (κ3) is 4.64. The van der Waals surface area contributed by atoms with Crippen LogP contribution in [-0.4, -0.2) is 26.2 Å². The second kappa shape index (κ2) is 6.17. The number of nitrogens with one attached hydrogen (secondary N) is 1. The van der Waals surface area contributed by atoms with Crippen molar-refractivity contribution >= 4 is 15.7 Å². The predicted molar refractivity (Wildman–Crippen MR) is 71.8 cm³/mol. The van der Waals surface area contributed by atoms with Crippen LogP contribution in [0.3, 0.4) is 0 Å². The van der Waals surface area contributed by atoms with Crippen LogP contribution in [0.15, 0.2) is 29.2 Å². The van der Waals surface area contributed by atoms with Gasteiger partial charge in [-0.25, -0.2) is 13.6 Å². The van der Waals surface area contributed by atoms with Crippen LogP contribution in [0.4, 0.5) is 5.69 Å². The first kappa shape index (κ1) is 14.9. The zero-order chi connectivity index (χ0) is 13.8. The Balaban J connectivity index is 2.74. The van der Waals surface area contributed by atoms with E-state index >= 15 is 0 Å². The molecule has 4 N–H and O–H groups in total. The van der Waals surface area contributed by atoms with Crippen LogP contribution in [-0.2, 0) is 10.0 Å². The summed E-state index contributed by atoms with van der Waals surface area (Å²) >= 11 is 0. The van der Waals surface area contributed by atoms with Crippen molar-refractivity contribution in [2.75, 3.05) is 11.9 Å². The molecule has 1 aromatic carbocycles. The monoisotopic (exact) mass is 272 g/mol. The molecule has 18 heavy (non-hydrogen) atoms. The molecule has 0 saturated heterocycles. The summed E-state index contributed by atoms with van der Waals surface area (Å²) in [7, 11) is -3.65. The SMILES string of the molecule is CC(C)CC(CO)Nc1ccc(S(N)(=O)=O)cc1. The zero-order valence-corrected chi connectivity index (χ0v) is 11.4. The Hall–Kier alpha value is -1.11. The van der Waals surface area contributed by atoms with E-state index in [2.05, 4.69) is 19.2 Å². The van der Waals surface area contributed by atoms with Crippen LogP contribution in [0.2, 0.25) is 0 Å². The Morgan fingerprint density at radius 3 is 2.22 bits per heavy atom. The normalized spacial score (nSPS) is 13.6. The van der Waals surface area contributed by atoms with Crippen molar-refractivity contribution in [2.24, 2.45) is 11.1 Å². The molecule has 6 heteroatoms. The van der Waals surface area contributed by atoms with Crippen molar-refractivity contribution in [3.8, 4) is 0 Å². The molecule has 0 heterocycles. The Morgan fingerprint density at radius 1 is 1.28 bits per heavy atom. The average Bonchev–Trinajstić information content (AvgIpc) is 2.27. The van der Waals surface area contributed by atoms with Crippen molar-refractivity contribution in [1.82, 2.24) is 0 Å². The Labute approximate surface area is 108 Å². The van der Waals surface area contributed by atoms with Crippen LogP contribution in [0.5, 0.6) is 0 Å². The molecule has 0 saturated carbocycles. The molecule has 1 atom stereocenters. The first-order valence-electron chi connectivity index (χ1n) is 5.83. The maximum absolute atomic E-state index is 11.1. The smallest absolute Gasteiger partial charge is 0.238 e. The summed E-state index contributed by atoms with van der Waals surface area (Å²) < 4.78 is 22.2. The fourth-order valence-electron chi connectivity index (χ4n) is 1.72.